The van der Waals surface area contributed by atoms with Gasteiger partial charge >= 0.3 is 0 Å². The summed E-state index contributed by atoms with van der Waals surface area (Å²) < 4.78 is 39.5. The van der Waals surface area contributed by atoms with Gasteiger partial charge in [-0.1, -0.05) is 12.1 Å². The highest BCUT2D eigenvalue weighted by Crippen LogP contribution is 2.12. The Bertz CT molecular complexity index is 621. The summed E-state index contributed by atoms with van der Waals surface area (Å²) in [7, 11) is -3.93. The fourth-order valence-corrected chi connectivity index (χ4v) is 3.40. The predicted octanol–water partition coefficient (Wildman–Crippen LogP) is 0.784. The fourth-order valence-electron chi connectivity index (χ4n) is 2.30. The molecule has 0 bridgehead atoms. The first-order valence-corrected chi connectivity index (χ1v) is 8.71. The van der Waals surface area contributed by atoms with Crippen molar-refractivity contribution in [1.29, 1.82) is 0 Å². The Kier molecular flexibility index (Phi) is 7.90. The average molecular weight is 366 g/mol. The summed E-state index contributed by atoms with van der Waals surface area (Å²) in [6, 6.07) is 5.41. The van der Waals surface area contributed by atoms with Crippen molar-refractivity contribution < 1.29 is 17.6 Å². The van der Waals surface area contributed by atoms with Crippen LogP contribution in [0.1, 0.15) is 19.3 Å². The predicted molar refractivity (Wildman–Crippen MR) is 87.5 cm³/mol. The number of benzene rings is 1. The molecule has 2 rings (SSSR count). The number of nitrogens with one attached hydrogen (secondary N) is 3. The maximum Gasteiger partial charge on any atom is 0.243 e. The van der Waals surface area contributed by atoms with E-state index in [1.54, 1.807) is 0 Å². The molecule has 0 aliphatic carbocycles. The molecular formula is C14H21ClFN3O3S. The molecule has 0 spiro atoms. The van der Waals surface area contributed by atoms with Gasteiger partial charge in [-0.3, -0.25) is 4.79 Å². The molecule has 1 aliphatic rings. The van der Waals surface area contributed by atoms with Gasteiger partial charge in [0.1, 0.15) is 10.7 Å². The highest BCUT2D eigenvalue weighted by molar-refractivity contribution is 7.89. The van der Waals surface area contributed by atoms with E-state index in [-0.39, 0.29) is 31.3 Å². The maximum atomic E-state index is 13.5. The van der Waals surface area contributed by atoms with Crippen LogP contribution in [0.3, 0.4) is 0 Å². The number of halogens is 2. The van der Waals surface area contributed by atoms with E-state index >= 15 is 0 Å². The van der Waals surface area contributed by atoms with Gasteiger partial charge in [0.15, 0.2) is 0 Å². The molecule has 23 heavy (non-hydrogen) atoms. The zero-order valence-electron chi connectivity index (χ0n) is 12.5. The smallest absolute Gasteiger partial charge is 0.243 e. The van der Waals surface area contributed by atoms with Crippen LogP contribution >= 0.6 is 12.4 Å². The van der Waals surface area contributed by atoms with E-state index in [0.29, 0.717) is 12.6 Å². The van der Waals surface area contributed by atoms with Gasteiger partial charge in [-0.15, -0.1) is 12.4 Å². The van der Waals surface area contributed by atoms with Crippen LogP contribution in [0, 0.1) is 5.82 Å². The monoisotopic (exact) mass is 365 g/mol. The van der Waals surface area contributed by atoms with Crippen molar-refractivity contribution in [2.24, 2.45) is 0 Å². The van der Waals surface area contributed by atoms with E-state index in [1.807, 2.05) is 0 Å². The van der Waals surface area contributed by atoms with Crippen LogP contribution in [-0.4, -0.2) is 40.0 Å². The molecule has 3 N–H and O–H groups in total. The molecular weight excluding hydrogens is 345 g/mol. The molecule has 1 atom stereocenters. The molecule has 1 aromatic rings. The van der Waals surface area contributed by atoms with Gasteiger partial charge in [-0.25, -0.2) is 17.5 Å². The fraction of sp³-hybridized carbons (Fsp3) is 0.500. The van der Waals surface area contributed by atoms with Crippen molar-refractivity contribution in [3.05, 3.63) is 30.1 Å². The third kappa shape index (κ3) is 6.06. The lowest BCUT2D eigenvalue weighted by atomic mass is 10.2. The molecule has 0 saturated carbocycles. The quantitative estimate of drug-likeness (QED) is 0.666. The van der Waals surface area contributed by atoms with Crippen LogP contribution in [0.5, 0.6) is 0 Å². The molecule has 1 saturated heterocycles. The average Bonchev–Trinajstić information content (AvgIpc) is 2.98. The number of amides is 1. The Morgan fingerprint density at radius 2 is 2.09 bits per heavy atom. The van der Waals surface area contributed by atoms with Crippen molar-refractivity contribution >= 4 is 28.3 Å². The SMILES string of the molecule is Cl.O=C(CCNS(=O)(=O)c1ccccc1F)NCC1CCCN1. The first-order chi connectivity index (χ1) is 10.5. The van der Waals surface area contributed by atoms with E-state index in [9.17, 15) is 17.6 Å². The number of carbonyl (C=O) groups excluding carboxylic acids is 1. The lowest BCUT2D eigenvalue weighted by Crippen LogP contribution is -2.38. The number of rotatable bonds is 7. The second kappa shape index (κ2) is 9.17. The summed E-state index contributed by atoms with van der Waals surface area (Å²) in [5.74, 6) is -1.04. The standard InChI is InChI=1S/C14H20FN3O3S.ClH/c15-12-5-1-2-6-13(12)22(20,21)18-9-7-14(19)17-10-11-4-3-8-16-11;/h1-2,5-6,11,16,18H,3-4,7-10H2,(H,17,19);1H. The van der Waals surface area contributed by atoms with E-state index in [0.717, 1.165) is 25.5 Å². The third-order valence-corrected chi connectivity index (χ3v) is 4.97. The lowest BCUT2D eigenvalue weighted by molar-refractivity contribution is -0.121. The number of hydrogen-bond donors (Lipinski definition) is 3. The Morgan fingerprint density at radius 1 is 1.35 bits per heavy atom. The molecule has 1 unspecified atom stereocenters. The molecule has 9 heteroatoms. The van der Waals surface area contributed by atoms with Crippen LogP contribution in [0.2, 0.25) is 0 Å². The minimum Gasteiger partial charge on any atom is -0.354 e. The normalized spacial score (nSPS) is 17.5. The van der Waals surface area contributed by atoms with E-state index in [2.05, 4.69) is 15.4 Å². The van der Waals surface area contributed by atoms with E-state index in [4.69, 9.17) is 0 Å². The van der Waals surface area contributed by atoms with Crippen LogP contribution < -0.4 is 15.4 Å². The van der Waals surface area contributed by atoms with Crippen molar-refractivity contribution in [2.75, 3.05) is 19.6 Å². The van der Waals surface area contributed by atoms with Crippen LogP contribution in [0.4, 0.5) is 4.39 Å². The van der Waals surface area contributed by atoms with Gasteiger partial charge in [0.25, 0.3) is 0 Å². The summed E-state index contributed by atoms with van der Waals surface area (Å²) in [6.07, 6.45) is 2.14. The van der Waals surface area contributed by atoms with Gasteiger partial charge in [0.05, 0.1) is 0 Å². The summed E-state index contributed by atoms with van der Waals surface area (Å²) in [4.78, 5) is 11.2. The third-order valence-electron chi connectivity index (χ3n) is 3.48. The second-order valence-corrected chi connectivity index (χ2v) is 6.91. The Hall–Kier alpha value is -1.22. The molecule has 0 aromatic heterocycles. The second-order valence-electron chi connectivity index (χ2n) is 5.18. The topological polar surface area (TPSA) is 87.3 Å². The number of hydrogen-bond acceptors (Lipinski definition) is 4. The minimum absolute atomic E-state index is 0. The highest BCUT2D eigenvalue weighted by Gasteiger charge is 2.18. The summed E-state index contributed by atoms with van der Waals surface area (Å²) in [6.45, 7) is 1.43. The zero-order valence-corrected chi connectivity index (χ0v) is 14.2. The zero-order chi connectivity index (χ0) is 16.0. The van der Waals surface area contributed by atoms with Gasteiger partial charge in [-0.05, 0) is 31.5 Å². The lowest BCUT2D eigenvalue weighted by Gasteiger charge is -2.12. The highest BCUT2D eigenvalue weighted by atomic mass is 35.5. The number of sulfonamides is 1. The van der Waals surface area contributed by atoms with Gasteiger partial charge in [0.2, 0.25) is 15.9 Å². The summed E-state index contributed by atoms with van der Waals surface area (Å²) in [5, 5.41) is 6.00. The molecule has 130 valence electrons. The van der Waals surface area contributed by atoms with Gasteiger partial charge in [0, 0.05) is 25.6 Å². The van der Waals surface area contributed by atoms with Crippen molar-refractivity contribution in [3.8, 4) is 0 Å². The molecule has 1 aliphatic heterocycles. The Morgan fingerprint density at radius 3 is 2.74 bits per heavy atom. The van der Waals surface area contributed by atoms with Crippen LogP contribution in [0.15, 0.2) is 29.2 Å². The minimum atomic E-state index is -3.93. The van der Waals surface area contributed by atoms with Crippen molar-refractivity contribution in [1.82, 2.24) is 15.4 Å². The Labute approximate surface area is 141 Å². The van der Waals surface area contributed by atoms with Crippen LogP contribution in [-0.2, 0) is 14.8 Å². The van der Waals surface area contributed by atoms with Gasteiger partial charge in [-0.2, -0.15) is 0 Å². The van der Waals surface area contributed by atoms with Crippen molar-refractivity contribution in [3.63, 3.8) is 0 Å². The molecule has 1 fully saturated rings. The molecule has 1 amide bonds. The summed E-state index contributed by atoms with van der Waals surface area (Å²) >= 11 is 0. The molecule has 6 nitrogen and oxygen atoms in total. The first-order valence-electron chi connectivity index (χ1n) is 7.23. The molecule has 1 aromatic carbocycles. The Balaban J connectivity index is 0.00000264. The molecule has 0 radical (unpaired) electrons. The van der Waals surface area contributed by atoms with Gasteiger partial charge < -0.3 is 10.6 Å². The molecule has 1 heterocycles. The van der Waals surface area contributed by atoms with E-state index in [1.165, 1.54) is 18.2 Å². The first kappa shape index (κ1) is 19.8. The van der Waals surface area contributed by atoms with Crippen LogP contribution in [0.25, 0.3) is 0 Å². The van der Waals surface area contributed by atoms with Crippen molar-refractivity contribution in [2.45, 2.75) is 30.2 Å². The van der Waals surface area contributed by atoms with E-state index < -0.39 is 20.7 Å². The maximum absolute atomic E-state index is 13.5. The largest absolute Gasteiger partial charge is 0.354 e. The number of carbonyl (C=O) groups is 1. The summed E-state index contributed by atoms with van der Waals surface area (Å²) in [5.41, 5.74) is 0.